The summed E-state index contributed by atoms with van der Waals surface area (Å²) in [6.45, 7) is 0. The number of hydrogen-bond acceptors (Lipinski definition) is 4. The number of sulfonamides is 1. The van der Waals surface area contributed by atoms with E-state index in [0.717, 1.165) is 0 Å². The number of nitrogens with zero attached hydrogens (tertiary/aromatic N) is 2. The maximum atomic E-state index is 12.2. The number of nitrogens with one attached hydrogen (secondary N) is 1. The Morgan fingerprint density at radius 1 is 1.13 bits per heavy atom. The van der Waals surface area contributed by atoms with Gasteiger partial charge in [-0.2, -0.15) is 0 Å². The van der Waals surface area contributed by atoms with Crippen molar-refractivity contribution in [2.24, 2.45) is 5.14 Å². The van der Waals surface area contributed by atoms with E-state index >= 15 is 0 Å². The normalized spacial score (nSPS) is 11.6. The summed E-state index contributed by atoms with van der Waals surface area (Å²) in [5.41, 5.74) is 0.918. The largest absolute Gasteiger partial charge is 0.305 e. The van der Waals surface area contributed by atoms with Crippen LogP contribution in [0.4, 0.5) is 5.82 Å². The molecule has 3 aromatic rings. The SMILES string of the molecule is NS(=O)(=O)c1ccc(C(=O)Nc2cn3cc(Cl)ccc3n2)cc1. The van der Waals surface area contributed by atoms with Crippen LogP contribution in [0.3, 0.4) is 0 Å². The minimum Gasteiger partial charge on any atom is -0.305 e. The maximum Gasteiger partial charge on any atom is 0.256 e. The van der Waals surface area contributed by atoms with Crippen molar-refractivity contribution in [2.75, 3.05) is 5.32 Å². The van der Waals surface area contributed by atoms with Crippen molar-refractivity contribution in [3.05, 3.63) is 59.4 Å². The number of carbonyl (C=O) groups is 1. The number of benzene rings is 1. The summed E-state index contributed by atoms with van der Waals surface area (Å²) < 4.78 is 24.1. The van der Waals surface area contributed by atoms with Gasteiger partial charge in [-0.3, -0.25) is 4.79 Å². The van der Waals surface area contributed by atoms with Crippen molar-refractivity contribution < 1.29 is 13.2 Å². The lowest BCUT2D eigenvalue weighted by molar-refractivity contribution is 0.102. The molecule has 0 atom stereocenters. The maximum absolute atomic E-state index is 12.2. The van der Waals surface area contributed by atoms with Gasteiger partial charge in [-0.1, -0.05) is 11.6 Å². The molecule has 0 aliphatic carbocycles. The molecule has 2 aromatic heterocycles. The van der Waals surface area contributed by atoms with Crippen LogP contribution >= 0.6 is 11.6 Å². The average molecular weight is 351 g/mol. The number of anilines is 1. The molecule has 0 saturated heterocycles. The standard InChI is InChI=1S/C14H11ClN4O3S/c15-10-3-6-13-17-12(8-19(13)7-10)18-14(20)9-1-4-11(5-2-9)23(16,21)22/h1-8H,(H,18,20)(H2,16,21,22). The minimum atomic E-state index is -3.79. The number of hydrogen-bond donors (Lipinski definition) is 2. The Hall–Kier alpha value is -2.42. The number of fused-ring (bicyclic) bond motifs is 1. The van der Waals surface area contributed by atoms with E-state index < -0.39 is 15.9 Å². The molecular weight excluding hydrogens is 340 g/mol. The Morgan fingerprint density at radius 3 is 2.48 bits per heavy atom. The molecule has 0 spiro atoms. The van der Waals surface area contributed by atoms with Crippen molar-refractivity contribution in [3.8, 4) is 0 Å². The van der Waals surface area contributed by atoms with Crippen LogP contribution in [0.5, 0.6) is 0 Å². The van der Waals surface area contributed by atoms with Crippen LogP contribution in [0.1, 0.15) is 10.4 Å². The van der Waals surface area contributed by atoms with E-state index in [-0.39, 0.29) is 10.5 Å². The highest BCUT2D eigenvalue weighted by molar-refractivity contribution is 7.89. The summed E-state index contributed by atoms with van der Waals surface area (Å²) in [6, 6.07) is 8.71. The lowest BCUT2D eigenvalue weighted by atomic mass is 10.2. The fraction of sp³-hybridized carbons (Fsp3) is 0. The van der Waals surface area contributed by atoms with Crippen LogP contribution < -0.4 is 10.5 Å². The Morgan fingerprint density at radius 2 is 1.83 bits per heavy atom. The van der Waals surface area contributed by atoms with Gasteiger partial charge in [0.05, 0.1) is 16.1 Å². The topological polar surface area (TPSA) is 107 Å². The quantitative estimate of drug-likeness (QED) is 0.752. The summed E-state index contributed by atoms with van der Waals surface area (Å²) in [6.07, 6.45) is 3.29. The monoisotopic (exact) mass is 350 g/mol. The molecule has 0 unspecified atom stereocenters. The second kappa shape index (κ2) is 5.65. The lowest BCUT2D eigenvalue weighted by Crippen LogP contribution is -2.14. The van der Waals surface area contributed by atoms with E-state index in [4.69, 9.17) is 16.7 Å². The van der Waals surface area contributed by atoms with Gasteiger partial charge in [-0.05, 0) is 36.4 Å². The third-order valence-corrected chi connectivity index (χ3v) is 4.25. The number of amides is 1. The fourth-order valence-corrected chi connectivity index (χ4v) is 2.69. The molecule has 0 bridgehead atoms. The van der Waals surface area contributed by atoms with Crippen molar-refractivity contribution in [1.29, 1.82) is 0 Å². The van der Waals surface area contributed by atoms with Crippen LogP contribution in [-0.4, -0.2) is 23.7 Å². The summed E-state index contributed by atoms with van der Waals surface area (Å²) >= 11 is 5.89. The van der Waals surface area contributed by atoms with Crippen molar-refractivity contribution in [2.45, 2.75) is 4.90 Å². The number of nitrogens with two attached hydrogens (primary N) is 1. The van der Waals surface area contributed by atoms with Crippen LogP contribution in [0.15, 0.2) is 53.7 Å². The second-order valence-corrected chi connectivity index (χ2v) is 6.76. The molecule has 0 aliphatic heterocycles. The zero-order chi connectivity index (χ0) is 16.6. The molecule has 9 heteroatoms. The zero-order valence-electron chi connectivity index (χ0n) is 11.6. The van der Waals surface area contributed by atoms with Crippen LogP contribution in [-0.2, 0) is 10.0 Å². The molecule has 2 heterocycles. The summed E-state index contributed by atoms with van der Waals surface area (Å²) in [5, 5.41) is 8.19. The van der Waals surface area contributed by atoms with Crippen molar-refractivity contribution >= 4 is 39.0 Å². The number of imidazole rings is 1. The van der Waals surface area contributed by atoms with Gasteiger partial charge in [0.2, 0.25) is 10.0 Å². The number of pyridine rings is 1. The fourth-order valence-electron chi connectivity index (χ4n) is 2.01. The molecule has 0 saturated carbocycles. The van der Waals surface area contributed by atoms with Gasteiger partial charge in [-0.15, -0.1) is 0 Å². The molecule has 1 aromatic carbocycles. The molecule has 1 amide bonds. The first-order chi connectivity index (χ1) is 10.8. The highest BCUT2D eigenvalue weighted by Gasteiger charge is 2.12. The van der Waals surface area contributed by atoms with Gasteiger partial charge >= 0.3 is 0 Å². The number of aromatic nitrogens is 2. The second-order valence-electron chi connectivity index (χ2n) is 4.76. The van der Waals surface area contributed by atoms with Crippen LogP contribution in [0.2, 0.25) is 5.02 Å². The average Bonchev–Trinajstić information content (AvgIpc) is 2.87. The van der Waals surface area contributed by atoms with Crippen LogP contribution in [0, 0.1) is 0 Å². The molecule has 3 rings (SSSR count). The first kappa shape index (κ1) is 15.5. The zero-order valence-corrected chi connectivity index (χ0v) is 13.2. The Balaban J connectivity index is 1.82. The number of carbonyl (C=O) groups excluding carboxylic acids is 1. The van der Waals surface area contributed by atoms with E-state index in [0.29, 0.717) is 16.5 Å². The molecule has 23 heavy (non-hydrogen) atoms. The third kappa shape index (κ3) is 3.34. The van der Waals surface area contributed by atoms with E-state index in [1.54, 1.807) is 28.9 Å². The molecule has 0 aliphatic rings. The Bertz CT molecular complexity index is 997. The van der Waals surface area contributed by atoms with Gasteiger partial charge in [-0.25, -0.2) is 18.5 Å². The van der Waals surface area contributed by atoms with Gasteiger partial charge in [0.15, 0.2) is 5.82 Å². The Labute approximate surface area is 136 Å². The first-order valence-corrected chi connectivity index (χ1v) is 8.34. The van der Waals surface area contributed by atoms with E-state index in [1.807, 2.05) is 0 Å². The molecule has 0 radical (unpaired) electrons. The number of primary sulfonamides is 1. The third-order valence-electron chi connectivity index (χ3n) is 3.10. The molecule has 118 valence electrons. The van der Waals surface area contributed by atoms with Gasteiger partial charge in [0.25, 0.3) is 5.91 Å². The predicted molar refractivity (Wildman–Crippen MR) is 86.0 cm³/mol. The Kier molecular flexibility index (Phi) is 3.80. The minimum absolute atomic E-state index is 0.0589. The molecule has 0 fully saturated rings. The van der Waals surface area contributed by atoms with Crippen molar-refractivity contribution in [3.63, 3.8) is 0 Å². The molecule has 7 nitrogen and oxygen atoms in total. The molecular formula is C14H11ClN4O3S. The van der Waals surface area contributed by atoms with Gasteiger partial charge in [0, 0.05) is 11.8 Å². The smallest absolute Gasteiger partial charge is 0.256 e. The van der Waals surface area contributed by atoms with E-state index in [2.05, 4.69) is 10.3 Å². The van der Waals surface area contributed by atoms with Gasteiger partial charge in [0.1, 0.15) is 5.65 Å². The predicted octanol–water partition coefficient (Wildman–Crippen LogP) is 1.89. The first-order valence-electron chi connectivity index (χ1n) is 6.41. The van der Waals surface area contributed by atoms with Crippen molar-refractivity contribution in [1.82, 2.24) is 9.38 Å². The lowest BCUT2D eigenvalue weighted by Gasteiger charge is -2.03. The summed E-state index contributed by atoms with van der Waals surface area (Å²) in [5.74, 6) is -0.0618. The van der Waals surface area contributed by atoms with E-state index in [9.17, 15) is 13.2 Å². The summed E-state index contributed by atoms with van der Waals surface area (Å²) in [4.78, 5) is 16.3. The summed E-state index contributed by atoms with van der Waals surface area (Å²) in [7, 11) is -3.79. The highest BCUT2D eigenvalue weighted by atomic mass is 35.5. The number of halogens is 1. The van der Waals surface area contributed by atoms with Crippen LogP contribution in [0.25, 0.3) is 5.65 Å². The number of rotatable bonds is 3. The molecule has 3 N–H and O–H groups in total. The highest BCUT2D eigenvalue weighted by Crippen LogP contribution is 2.15. The van der Waals surface area contributed by atoms with Gasteiger partial charge < -0.3 is 9.72 Å². The van der Waals surface area contributed by atoms with E-state index in [1.165, 1.54) is 24.3 Å².